The van der Waals surface area contributed by atoms with Crippen LogP contribution < -0.4 is 5.73 Å². The summed E-state index contributed by atoms with van der Waals surface area (Å²) >= 11 is 0. The van der Waals surface area contributed by atoms with Crippen LogP contribution in [0.15, 0.2) is 30.5 Å². The Morgan fingerprint density at radius 2 is 2.06 bits per heavy atom. The molecule has 16 heavy (non-hydrogen) atoms. The monoisotopic (exact) mass is 240 g/mol. The fourth-order valence-corrected chi connectivity index (χ4v) is 1.76. The van der Waals surface area contributed by atoms with E-state index in [1.807, 2.05) is 24.3 Å². The van der Waals surface area contributed by atoms with Crippen LogP contribution in [0.5, 0.6) is 0 Å². The van der Waals surface area contributed by atoms with Gasteiger partial charge in [0.25, 0.3) is 0 Å². The maximum atomic E-state index is 10.7. The molecule has 4 nitrogen and oxygen atoms in total. The highest BCUT2D eigenvalue weighted by Crippen LogP contribution is 2.20. The number of rotatable bonds is 3. The third kappa shape index (κ3) is 2.18. The van der Waals surface area contributed by atoms with E-state index in [-0.39, 0.29) is 19.0 Å². The third-order valence-corrected chi connectivity index (χ3v) is 2.40. The summed E-state index contributed by atoms with van der Waals surface area (Å²) in [6.45, 7) is 0.396. The van der Waals surface area contributed by atoms with Crippen LogP contribution in [-0.2, 0) is 17.9 Å². The molecule has 0 aliphatic rings. The molecular weight excluding hydrogens is 228 g/mol. The second kappa shape index (κ2) is 5.01. The van der Waals surface area contributed by atoms with Gasteiger partial charge in [-0.3, -0.25) is 4.79 Å². The van der Waals surface area contributed by atoms with Crippen molar-refractivity contribution in [1.29, 1.82) is 0 Å². The van der Waals surface area contributed by atoms with Crippen LogP contribution in [0.2, 0.25) is 0 Å². The molecule has 2 rings (SSSR count). The highest BCUT2D eigenvalue weighted by atomic mass is 35.5. The van der Waals surface area contributed by atoms with E-state index in [0.717, 1.165) is 16.5 Å². The lowest BCUT2D eigenvalue weighted by Gasteiger charge is -1.99. The zero-order valence-electron chi connectivity index (χ0n) is 8.59. The van der Waals surface area contributed by atoms with Gasteiger partial charge in [-0.2, -0.15) is 0 Å². The molecule has 0 aliphatic heterocycles. The first-order chi connectivity index (χ1) is 7.22. The molecule has 0 atom stereocenters. The lowest BCUT2D eigenvalue weighted by atomic mass is 10.2. The quantitative estimate of drug-likeness (QED) is 0.857. The van der Waals surface area contributed by atoms with Crippen molar-refractivity contribution in [2.45, 2.75) is 13.1 Å². The highest BCUT2D eigenvalue weighted by Gasteiger charge is 2.08. The normalized spacial score (nSPS) is 10.1. The number of carboxylic acids is 1. The van der Waals surface area contributed by atoms with Crippen molar-refractivity contribution < 1.29 is 9.90 Å². The van der Waals surface area contributed by atoms with E-state index in [0.29, 0.717) is 6.54 Å². The van der Waals surface area contributed by atoms with Gasteiger partial charge >= 0.3 is 5.97 Å². The lowest BCUT2D eigenvalue weighted by Crippen LogP contribution is -2.07. The van der Waals surface area contributed by atoms with Crippen LogP contribution in [0.25, 0.3) is 10.9 Å². The minimum Gasteiger partial charge on any atom is -0.480 e. The summed E-state index contributed by atoms with van der Waals surface area (Å²) in [5.41, 5.74) is 7.49. The van der Waals surface area contributed by atoms with Crippen molar-refractivity contribution in [3.8, 4) is 0 Å². The SMILES string of the molecule is Cl.NCc1cn(CC(=O)O)c2ccccc12. The van der Waals surface area contributed by atoms with Crippen LogP contribution in [0.4, 0.5) is 0 Å². The molecule has 0 radical (unpaired) electrons. The highest BCUT2D eigenvalue weighted by molar-refractivity contribution is 5.85. The van der Waals surface area contributed by atoms with Crippen molar-refractivity contribution in [3.63, 3.8) is 0 Å². The van der Waals surface area contributed by atoms with Gasteiger partial charge in [0.05, 0.1) is 0 Å². The van der Waals surface area contributed by atoms with Gasteiger partial charge in [-0.15, -0.1) is 12.4 Å². The van der Waals surface area contributed by atoms with Crippen LogP contribution in [0.3, 0.4) is 0 Å². The van der Waals surface area contributed by atoms with Gasteiger partial charge in [0, 0.05) is 23.6 Å². The van der Waals surface area contributed by atoms with Gasteiger partial charge < -0.3 is 15.4 Å². The Bertz CT molecular complexity index is 508. The van der Waals surface area contributed by atoms with E-state index in [1.54, 1.807) is 10.8 Å². The first-order valence-electron chi connectivity index (χ1n) is 4.71. The first kappa shape index (κ1) is 12.5. The molecular formula is C11H13ClN2O2. The van der Waals surface area contributed by atoms with Crippen LogP contribution in [-0.4, -0.2) is 15.6 Å². The van der Waals surface area contributed by atoms with Crippen LogP contribution in [0.1, 0.15) is 5.56 Å². The van der Waals surface area contributed by atoms with E-state index < -0.39 is 5.97 Å². The molecule has 86 valence electrons. The predicted molar refractivity (Wildman–Crippen MR) is 64.7 cm³/mol. The number of hydrogen-bond acceptors (Lipinski definition) is 2. The van der Waals surface area contributed by atoms with Crippen LogP contribution >= 0.6 is 12.4 Å². The number of para-hydroxylation sites is 1. The standard InChI is InChI=1S/C11H12N2O2.ClH/c12-5-8-6-13(7-11(14)15)10-4-2-1-3-9(8)10;/h1-4,6H,5,7,12H2,(H,14,15);1H. The Hall–Kier alpha value is -1.52. The number of fused-ring (bicyclic) bond motifs is 1. The molecule has 0 saturated heterocycles. The van der Waals surface area contributed by atoms with E-state index in [4.69, 9.17) is 10.8 Å². The van der Waals surface area contributed by atoms with Crippen LogP contribution in [0, 0.1) is 0 Å². The van der Waals surface area contributed by atoms with Crippen molar-refractivity contribution in [1.82, 2.24) is 4.57 Å². The summed E-state index contributed by atoms with van der Waals surface area (Å²) in [5.74, 6) is -0.848. The number of carboxylic acid groups (broad SMARTS) is 1. The summed E-state index contributed by atoms with van der Waals surface area (Å²) in [5, 5.41) is 9.79. The molecule has 1 aromatic carbocycles. The zero-order chi connectivity index (χ0) is 10.8. The summed E-state index contributed by atoms with van der Waals surface area (Å²) in [7, 11) is 0. The number of aromatic nitrogens is 1. The Balaban J connectivity index is 0.00000128. The summed E-state index contributed by atoms with van der Waals surface area (Å²) < 4.78 is 1.71. The Morgan fingerprint density at radius 3 is 2.69 bits per heavy atom. The fraction of sp³-hybridized carbons (Fsp3) is 0.182. The van der Waals surface area contributed by atoms with Crippen molar-refractivity contribution >= 4 is 29.3 Å². The number of nitrogens with two attached hydrogens (primary N) is 1. The summed E-state index contributed by atoms with van der Waals surface area (Å²) in [4.78, 5) is 10.7. The molecule has 0 amide bonds. The molecule has 0 unspecified atom stereocenters. The van der Waals surface area contributed by atoms with Crippen molar-refractivity contribution in [2.75, 3.05) is 0 Å². The Labute approximate surface area is 99.1 Å². The summed E-state index contributed by atoms with van der Waals surface area (Å²) in [6.07, 6.45) is 1.80. The molecule has 2 aromatic rings. The average Bonchev–Trinajstić information content (AvgIpc) is 2.56. The molecule has 0 aliphatic carbocycles. The smallest absolute Gasteiger partial charge is 0.323 e. The number of hydrogen-bond donors (Lipinski definition) is 2. The van der Waals surface area contributed by atoms with E-state index in [2.05, 4.69) is 0 Å². The van der Waals surface area contributed by atoms with Crippen molar-refractivity contribution in [2.24, 2.45) is 5.73 Å². The number of nitrogens with zero attached hydrogens (tertiary/aromatic N) is 1. The van der Waals surface area contributed by atoms with Gasteiger partial charge in [0.1, 0.15) is 6.54 Å². The minimum atomic E-state index is -0.848. The molecule has 1 aromatic heterocycles. The van der Waals surface area contributed by atoms with E-state index >= 15 is 0 Å². The average molecular weight is 241 g/mol. The van der Waals surface area contributed by atoms with Gasteiger partial charge in [-0.1, -0.05) is 18.2 Å². The molecule has 0 spiro atoms. The molecule has 1 heterocycles. The number of carbonyl (C=O) groups is 1. The molecule has 0 saturated carbocycles. The Kier molecular flexibility index (Phi) is 3.93. The first-order valence-corrected chi connectivity index (χ1v) is 4.71. The predicted octanol–water partition coefficient (Wildman–Crippen LogP) is 1.61. The molecule has 0 bridgehead atoms. The van der Waals surface area contributed by atoms with Gasteiger partial charge in [-0.05, 0) is 11.6 Å². The number of benzene rings is 1. The topological polar surface area (TPSA) is 68.2 Å². The number of aliphatic carboxylic acids is 1. The third-order valence-electron chi connectivity index (χ3n) is 2.40. The fourth-order valence-electron chi connectivity index (χ4n) is 1.76. The number of halogens is 1. The summed E-state index contributed by atoms with van der Waals surface area (Å²) in [6, 6.07) is 7.67. The second-order valence-corrected chi connectivity index (χ2v) is 3.40. The maximum Gasteiger partial charge on any atom is 0.323 e. The van der Waals surface area contributed by atoms with Crippen molar-refractivity contribution in [3.05, 3.63) is 36.0 Å². The van der Waals surface area contributed by atoms with E-state index in [1.165, 1.54) is 0 Å². The van der Waals surface area contributed by atoms with Gasteiger partial charge in [0.2, 0.25) is 0 Å². The lowest BCUT2D eigenvalue weighted by molar-refractivity contribution is -0.137. The molecule has 0 fully saturated rings. The maximum absolute atomic E-state index is 10.7. The molecule has 5 heteroatoms. The van der Waals surface area contributed by atoms with Gasteiger partial charge in [0.15, 0.2) is 0 Å². The Morgan fingerprint density at radius 1 is 1.38 bits per heavy atom. The zero-order valence-corrected chi connectivity index (χ0v) is 9.41. The largest absolute Gasteiger partial charge is 0.480 e. The molecule has 3 N–H and O–H groups in total. The van der Waals surface area contributed by atoms with E-state index in [9.17, 15) is 4.79 Å². The van der Waals surface area contributed by atoms with Gasteiger partial charge in [-0.25, -0.2) is 0 Å². The minimum absolute atomic E-state index is 0. The second-order valence-electron chi connectivity index (χ2n) is 3.40.